The average Bonchev–Trinajstić information content (AvgIpc) is 2.67. The first kappa shape index (κ1) is 19.2. The van der Waals surface area contributed by atoms with Crippen LogP contribution in [0.3, 0.4) is 0 Å². The highest BCUT2D eigenvalue weighted by Crippen LogP contribution is 2.24. The smallest absolute Gasteiger partial charge is 0.262 e. The molecule has 1 fully saturated rings. The molecule has 1 aliphatic rings. The van der Waals surface area contributed by atoms with Crippen molar-refractivity contribution in [3.8, 4) is 5.75 Å². The number of nitrogens with one attached hydrogen (secondary N) is 1. The number of carbonyl (C=O) groups excluding carboxylic acids is 1. The molecule has 0 atom stereocenters. The highest BCUT2D eigenvalue weighted by atomic mass is 16.5. The zero-order chi connectivity index (χ0) is 19.3. The molecule has 1 aliphatic heterocycles. The van der Waals surface area contributed by atoms with Crippen LogP contribution in [0.15, 0.2) is 42.6 Å². The Morgan fingerprint density at radius 1 is 1.15 bits per heavy atom. The van der Waals surface area contributed by atoms with Gasteiger partial charge >= 0.3 is 0 Å². The van der Waals surface area contributed by atoms with Crippen molar-refractivity contribution in [2.24, 2.45) is 0 Å². The third kappa shape index (κ3) is 5.44. The number of anilines is 2. The van der Waals surface area contributed by atoms with Gasteiger partial charge in [0.2, 0.25) is 0 Å². The predicted octanol–water partition coefficient (Wildman–Crippen LogP) is 3.23. The van der Waals surface area contributed by atoms with E-state index in [2.05, 4.69) is 36.0 Å². The van der Waals surface area contributed by atoms with Crippen molar-refractivity contribution < 1.29 is 14.3 Å². The highest BCUT2D eigenvalue weighted by molar-refractivity contribution is 5.91. The first-order chi connectivity index (χ1) is 12.9. The van der Waals surface area contributed by atoms with Crippen molar-refractivity contribution in [3.05, 3.63) is 48.2 Å². The Kier molecular flexibility index (Phi) is 5.96. The Hall–Kier alpha value is -2.60. The molecule has 0 saturated carbocycles. The molecule has 1 aromatic heterocycles. The molecule has 27 heavy (non-hydrogen) atoms. The number of rotatable bonds is 5. The molecule has 2 heterocycles. The molecule has 1 N–H and O–H groups in total. The zero-order valence-electron chi connectivity index (χ0n) is 16.2. The van der Waals surface area contributed by atoms with Gasteiger partial charge in [-0.15, -0.1) is 0 Å². The van der Waals surface area contributed by atoms with Gasteiger partial charge in [-0.3, -0.25) is 4.79 Å². The molecular formula is C21H27N3O3. The molecule has 1 aromatic carbocycles. The summed E-state index contributed by atoms with van der Waals surface area (Å²) >= 11 is 0. The number of pyridine rings is 1. The van der Waals surface area contributed by atoms with Crippen LogP contribution in [0.25, 0.3) is 0 Å². The fourth-order valence-electron chi connectivity index (χ4n) is 2.84. The molecule has 0 spiro atoms. The minimum absolute atomic E-state index is 0.0416. The highest BCUT2D eigenvalue weighted by Gasteiger charge is 2.14. The van der Waals surface area contributed by atoms with Crippen molar-refractivity contribution >= 4 is 17.4 Å². The molecule has 6 heteroatoms. The number of benzene rings is 1. The van der Waals surface area contributed by atoms with Crippen LogP contribution in [-0.4, -0.2) is 43.8 Å². The number of hydrogen-bond acceptors (Lipinski definition) is 5. The van der Waals surface area contributed by atoms with Crippen molar-refractivity contribution in [2.45, 2.75) is 26.2 Å². The van der Waals surface area contributed by atoms with Crippen LogP contribution >= 0.6 is 0 Å². The third-order valence-electron chi connectivity index (χ3n) is 4.46. The maximum atomic E-state index is 12.1. The summed E-state index contributed by atoms with van der Waals surface area (Å²) in [7, 11) is 0. The zero-order valence-corrected chi connectivity index (χ0v) is 16.2. The lowest BCUT2D eigenvalue weighted by molar-refractivity contribution is -0.118. The molecule has 1 saturated heterocycles. The van der Waals surface area contributed by atoms with Crippen LogP contribution in [0.1, 0.15) is 26.3 Å². The van der Waals surface area contributed by atoms with E-state index in [0.717, 1.165) is 18.9 Å². The standard InChI is InChI=1S/C21H27N3O3/c1-21(2,3)16-4-7-18(8-5-16)27-15-20(25)23-17-6-9-19(22-14-17)24-10-12-26-13-11-24/h4-9,14H,10-13,15H2,1-3H3,(H,23,25). The predicted molar refractivity (Wildman–Crippen MR) is 107 cm³/mol. The summed E-state index contributed by atoms with van der Waals surface area (Å²) in [5, 5.41) is 2.81. The number of ether oxygens (including phenoxy) is 2. The van der Waals surface area contributed by atoms with Gasteiger partial charge in [0.15, 0.2) is 6.61 Å². The van der Waals surface area contributed by atoms with E-state index in [9.17, 15) is 4.79 Å². The van der Waals surface area contributed by atoms with Gasteiger partial charge < -0.3 is 19.7 Å². The molecule has 144 valence electrons. The van der Waals surface area contributed by atoms with E-state index < -0.39 is 0 Å². The monoisotopic (exact) mass is 369 g/mol. The molecule has 6 nitrogen and oxygen atoms in total. The van der Waals surface area contributed by atoms with E-state index in [1.54, 1.807) is 6.20 Å². The van der Waals surface area contributed by atoms with Crippen LogP contribution in [0.4, 0.5) is 11.5 Å². The molecule has 0 radical (unpaired) electrons. The van der Waals surface area contributed by atoms with Crippen molar-refractivity contribution in [1.29, 1.82) is 0 Å². The maximum absolute atomic E-state index is 12.1. The fourth-order valence-corrected chi connectivity index (χ4v) is 2.84. The third-order valence-corrected chi connectivity index (χ3v) is 4.46. The van der Waals surface area contributed by atoms with E-state index in [1.165, 1.54) is 5.56 Å². The Morgan fingerprint density at radius 2 is 1.85 bits per heavy atom. The average molecular weight is 369 g/mol. The summed E-state index contributed by atoms with van der Waals surface area (Å²) in [6.45, 7) is 9.54. The van der Waals surface area contributed by atoms with Crippen LogP contribution in [-0.2, 0) is 14.9 Å². The molecule has 2 aromatic rings. The van der Waals surface area contributed by atoms with Gasteiger partial charge in [-0.05, 0) is 35.2 Å². The van der Waals surface area contributed by atoms with E-state index >= 15 is 0 Å². The lowest BCUT2D eigenvalue weighted by Gasteiger charge is -2.27. The number of amides is 1. The van der Waals surface area contributed by atoms with Gasteiger partial charge in [0.1, 0.15) is 11.6 Å². The van der Waals surface area contributed by atoms with Crippen LogP contribution in [0, 0.1) is 0 Å². The van der Waals surface area contributed by atoms with E-state index in [1.807, 2.05) is 36.4 Å². The van der Waals surface area contributed by atoms with E-state index in [-0.39, 0.29) is 17.9 Å². The van der Waals surface area contributed by atoms with Gasteiger partial charge in [0, 0.05) is 13.1 Å². The van der Waals surface area contributed by atoms with Gasteiger partial charge in [-0.1, -0.05) is 32.9 Å². The molecule has 0 aliphatic carbocycles. The van der Waals surface area contributed by atoms with Crippen molar-refractivity contribution in [2.75, 3.05) is 43.1 Å². The van der Waals surface area contributed by atoms with Crippen LogP contribution < -0.4 is 15.0 Å². The largest absolute Gasteiger partial charge is 0.484 e. The second-order valence-electron chi connectivity index (χ2n) is 7.62. The Labute approximate surface area is 160 Å². The Balaban J connectivity index is 1.49. The van der Waals surface area contributed by atoms with Gasteiger partial charge in [-0.2, -0.15) is 0 Å². The molecule has 0 bridgehead atoms. The molecule has 3 rings (SSSR count). The Morgan fingerprint density at radius 3 is 2.44 bits per heavy atom. The van der Waals surface area contributed by atoms with Gasteiger partial charge in [0.25, 0.3) is 5.91 Å². The van der Waals surface area contributed by atoms with E-state index in [0.29, 0.717) is 24.7 Å². The van der Waals surface area contributed by atoms with Gasteiger partial charge in [0.05, 0.1) is 25.1 Å². The fraction of sp³-hybridized carbons (Fsp3) is 0.429. The van der Waals surface area contributed by atoms with Crippen LogP contribution in [0.2, 0.25) is 0 Å². The van der Waals surface area contributed by atoms with E-state index in [4.69, 9.17) is 9.47 Å². The summed E-state index contributed by atoms with van der Waals surface area (Å²) < 4.78 is 10.9. The summed E-state index contributed by atoms with van der Waals surface area (Å²) in [6.07, 6.45) is 1.67. The number of nitrogens with zero attached hydrogens (tertiary/aromatic N) is 2. The minimum Gasteiger partial charge on any atom is -0.484 e. The van der Waals surface area contributed by atoms with Crippen molar-refractivity contribution in [3.63, 3.8) is 0 Å². The number of aromatic nitrogens is 1. The lowest BCUT2D eigenvalue weighted by Crippen LogP contribution is -2.36. The lowest BCUT2D eigenvalue weighted by atomic mass is 9.87. The van der Waals surface area contributed by atoms with Gasteiger partial charge in [-0.25, -0.2) is 4.98 Å². The SMILES string of the molecule is CC(C)(C)c1ccc(OCC(=O)Nc2ccc(N3CCOCC3)nc2)cc1. The second-order valence-corrected chi connectivity index (χ2v) is 7.62. The number of hydrogen-bond donors (Lipinski definition) is 1. The topological polar surface area (TPSA) is 63.7 Å². The number of morpholine rings is 1. The maximum Gasteiger partial charge on any atom is 0.262 e. The second kappa shape index (κ2) is 8.39. The summed E-state index contributed by atoms with van der Waals surface area (Å²) in [5.74, 6) is 1.36. The normalized spacial score (nSPS) is 14.7. The molecule has 1 amide bonds. The summed E-state index contributed by atoms with van der Waals surface area (Å²) in [4.78, 5) is 18.7. The van der Waals surface area contributed by atoms with Crippen molar-refractivity contribution in [1.82, 2.24) is 4.98 Å². The Bertz CT molecular complexity index is 746. The number of carbonyl (C=O) groups is 1. The first-order valence-corrected chi connectivity index (χ1v) is 9.24. The summed E-state index contributed by atoms with van der Waals surface area (Å²) in [6, 6.07) is 11.6. The van der Waals surface area contributed by atoms with Crippen LogP contribution in [0.5, 0.6) is 5.75 Å². The molecule has 0 unspecified atom stereocenters. The quantitative estimate of drug-likeness (QED) is 0.877. The first-order valence-electron chi connectivity index (χ1n) is 9.24. The molecular weight excluding hydrogens is 342 g/mol. The minimum atomic E-state index is -0.212. The summed E-state index contributed by atoms with van der Waals surface area (Å²) in [5.41, 5.74) is 1.98.